The molecule has 5 N–H and O–H groups in total. The zero-order valence-corrected chi connectivity index (χ0v) is 29.8. The Morgan fingerprint density at radius 2 is 1.04 bits per heavy atom. The van der Waals surface area contributed by atoms with Crippen LogP contribution in [-0.2, 0) is 13.2 Å². The molecule has 0 atom stereocenters. The summed E-state index contributed by atoms with van der Waals surface area (Å²) in [6.07, 6.45) is 0. The van der Waals surface area contributed by atoms with Crippen molar-refractivity contribution >= 4 is 98.2 Å². The number of rotatable bonds is 4. The SMILES string of the molecule is Cc1nc2ccc(C(=O)O)cc2s1.Cc1nc2ccc(CN)cc2s1.Cc1nc2ccc(CO)cc2s1.O=C(O)c1ccc2ncsc2c1. The topological polar surface area (TPSA) is 172 Å². The van der Waals surface area contributed by atoms with Crippen molar-refractivity contribution in [2.45, 2.75) is 33.9 Å². The first-order valence-electron chi connectivity index (χ1n) is 14.7. The molecule has 0 bridgehead atoms. The quantitative estimate of drug-likeness (QED) is 0.138. The monoisotopic (exact) mass is 729 g/mol. The van der Waals surface area contributed by atoms with Gasteiger partial charge >= 0.3 is 11.9 Å². The van der Waals surface area contributed by atoms with Crippen LogP contribution in [0.2, 0.25) is 0 Å². The fourth-order valence-corrected chi connectivity index (χ4v) is 7.92. The molecule has 0 aliphatic heterocycles. The van der Waals surface area contributed by atoms with E-state index in [9.17, 15) is 9.59 Å². The van der Waals surface area contributed by atoms with E-state index in [1.807, 2.05) is 51.1 Å². The smallest absolute Gasteiger partial charge is 0.335 e. The molecule has 0 saturated heterocycles. The van der Waals surface area contributed by atoms with Crippen molar-refractivity contribution < 1.29 is 24.9 Å². The largest absolute Gasteiger partial charge is 0.478 e. The number of aryl methyl sites for hydroxylation is 3. The van der Waals surface area contributed by atoms with Gasteiger partial charge in [-0.25, -0.2) is 29.5 Å². The van der Waals surface area contributed by atoms with E-state index in [0.717, 1.165) is 56.8 Å². The second-order valence-corrected chi connectivity index (χ2v) is 15.1. The number of aliphatic hydroxyl groups is 1. The first-order valence-corrected chi connectivity index (χ1v) is 18.1. The van der Waals surface area contributed by atoms with Crippen LogP contribution in [0.5, 0.6) is 0 Å². The van der Waals surface area contributed by atoms with E-state index in [2.05, 4.69) is 26.0 Å². The number of hydrogen-bond acceptors (Lipinski definition) is 12. The third kappa shape index (κ3) is 9.26. The van der Waals surface area contributed by atoms with Crippen LogP contribution in [0, 0.1) is 20.8 Å². The number of nitrogens with zero attached hydrogens (tertiary/aromatic N) is 4. The Bertz CT molecular complexity index is 2310. The Morgan fingerprint density at radius 3 is 1.53 bits per heavy atom. The van der Waals surface area contributed by atoms with Crippen LogP contribution < -0.4 is 5.73 Å². The molecule has 0 saturated carbocycles. The van der Waals surface area contributed by atoms with Gasteiger partial charge in [-0.3, -0.25) is 0 Å². The molecule has 0 unspecified atom stereocenters. The molecule has 0 aliphatic carbocycles. The molecule has 4 aromatic carbocycles. The van der Waals surface area contributed by atoms with Gasteiger partial charge in [0.15, 0.2) is 0 Å². The molecular formula is C35H31N5O5S4. The molecule has 0 aliphatic rings. The average molecular weight is 730 g/mol. The lowest BCUT2D eigenvalue weighted by atomic mass is 10.2. The standard InChI is InChI=1S/C9H10N2S.C9H7NO2S.C9H9NOS.C8H5NO2S/c1-6-11-8-3-2-7(5-10)4-9(8)12-6;1-5-10-7-3-2-6(9(11)12)4-8(7)13-5;1-6-10-8-3-2-7(5-11)4-9(8)12-6;10-8(11)5-1-2-6-7(3-5)12-4-9-6/h2-4H,5,10H2,1H3;2-4H,1H3,(H,11,12);2-4,11H,5H2,1H3;1-4H,(H,10,11). The molecule has 14 heteroatoms. The summed E-state index contributed by atoms with van der Waals surface area (Å²) in [6, 6.07) is 21.9. The molecule has 250 valence electrons. The van der Waals surface area contributed by atoms with Gasteiger partial charge in [-0.05, 0) is 92.6 Å². The molecule has 0 radical (unpaired) electrons. The summed E-state index contributed by atoms with van der Waals surface area (Å²) < 4.78 is 4.22. The number of carbonyl (C=O) groups is 2. The fourth-order valence-electron chi connectivity index (χ4n) is 4.55. The Balaban J connectivity index is 0.000000127. The minimum absolute atomic E-state index is 0.104. The van der Waals surface area contributed by atoms with Gasteiger partial charge in [0.05, 0.1) is 79.1 Å². The van der Waals surface area contributed by atoms with Gasteiger partial charge in [0.1, 0.15) is 0 Å². The zero-order valence-electron chi connectivity index (χ0n) is 26.6. The van der Waals surface area contributed by atoms with Crippen LogP contribution in [0.3, 0.4) is 0 Å². The Kier molecular flexibility index (Phi) is 11.7. The number of carboxylic acids is 2. The van der Waals surface area contributed by atoms with Crippen LogP contribution in [0.1, 0.15) is 46.9 Å². The number of fused-ring (bicyclic) bond motifs is 4. The van der Waals surface area contributed by atoms with Crippen LogP contribution in [0.15, 0.2) is 78.3 Å². The van der Waals surface area contributed by atoms with Crippen molar-refractivity contribution in [1.29, 1.82) is 0 Å². The second kappa shape index (κ2) is 16.1. The predicted molar refractivity (Wildman–Crippen MR) is 200 cm³/mol. The Hall–Kier alpha value is -4.70. The van der Waals surface area contributed by atoms with E-state index < -0.39 is 11.9 Å². The second-order valence-electron chi connectivity index (χ2n) is 10.5. The normalized spacial score (nSPS) is 10.6. The number of thiazole rings is 4. The number of aliphatic hydroxyl groups excluding tert-OH is 1. The van der Waals surface area contributed by atoms with Crippen molar-refractivity contribution in [1.82, 2.24) is 19.9 Å². The number of carboxylic acid groups (broad SMARTS) is 2. The molecule has 0 spiro atoms. The highest BCUT2D eigenvalue weighted by Crippen LogP contribution is 2.24. The van der Waals surface area contributed by atoms with Crippen LogP contribution in [-0.4, -0.2) is 47.2 Å². The number of nitrogens with two attached hydrogens (primary N) is 1. The minimum atomic E-state index is -0.898. The average Bonchev–Trinajstić information content (AvgIpc) is 3.88. The number of hydrogen-bond donors (Lipinski definition) is 4. The van der Waals surface area contributed by atoms with Crippen molar-refractivity contribution in [2.24, 2.45) is 5.73 Å². The van der Waals surface area contributed by atoms with Gasteiger partial charge in [-0.2, -0.15) is 0 Å². The van der Waals surface area contributed by atoms with Crippen molar-refractivity contribution in [3.63, 3.8) is 0 Å². The summed E-state index contributed by atoms with van der Waals surface area (Å²) in [5.41, 5.74) is 13.8. The molecule has 8 rings (SSSR count). The van der Waals surface area contributed by atoms with E-state index in [1.165, 1.54) is 32.9 Å². The lowest BCUT2D eigenvalue weighted by molar-refractivity contribution is 0.0686. The summed E-state index contributed by atoms with van der Waals surface area (Å²) >= 11 is 6.33. The number of benzene rings is 4. The van der Waals surface area contributed by atoms with Gasteiger partial charge in [0, 0.05) is 6.54 Å². The van der Waals surface area contributed by atoms with Gasteiger partial charge in [-0.15, -0.1) is 45.3 Å². The summed E-state index contributed by atoms with van der Waals surface area (Å²) in [5.74, 6) is -1.79. The predicted octanol–water partition coefficient (Wildman–Crippen LogP) is 8.46. The van der Waals surface area contributed by atoms with Crippen molar-refractivity contribution in [3.05, 3.63) is 116 Å². The Labute approximate surface area is 296 Å². The Morgan fingerprint density at radius 1 is 0.612 bits per heavy atom. The minimum Gasteiger partial charge on any atom is -0.478 e. The molecule has 0 fully saturated rings. The van der Waals surface area contributed by atoms with Crippen molar-refractivity contribution in [3.8, 4) is 0 Å². The zero-order chi connectivity index (χ0) is 35.1. The molecule has 4 heterocycles. The number of aromatic carboxylic acids is 2. The first-order chi connectivity index (χ1) is 23.5. The third-order valence-corrected chi connectivity index (χ3v) is 10.5. The van der Waals surface area contributed by atoms with Crippen molar-refractivity contribution in [2.75, 3.05) is 0 Å². The maximum atomic E-state index is 10.6. The highest BCUT2D eigenvalue weighted by atomic mass is 32.1. The lowest BCUT2D eigenvalue weighted by Crippen LogP contribution is -1.94. The van der Waals surface area contributed by atoms with Gasteiger partial charge in [-0.1, -0.05) is 12.1 Å². The lowest BCUT2D eigenvalue weighted by Gasteiger charge is -1.93. The van der Waals surface area contributed by atoms with Crippen LogP contribution in [0.25, 0.3) is 40.9 Å². The van der Waals surface area contributed by atoms with E-state index in [4.69, 9.17) is 21.1 Å². The van der Waals surface area contributed by atoms with E-state index >= 15 is 0 Å². The van der Waals surface area contributed by atoms with E-state index in [-0.39, 0.29) is 6.61 Å². The summed E-state index contributed by atoms with van der Waals surface area (Å²) in [5, 5.41) is 29.4. The molecule has 0 amide bonds. The molecule has 4 aromatic heterocycles. The summed E-state index contributed by atoms with van der Waals surface area (Å²) in [7, 11) is 0. The summed E-state index contributed by atoms with van der Waals surface area (Å²) in [4.78, 5) is 38.2. The van der Waals surface area contributed by atoms with E-state index in [0.29, 0.717) is 17.7 Å². The van der Waals surface area contributed by atoms with Gasteiger partial charge < -0.3 is 21.1 Å². The molecular weight excluding hydrogens is 699 g/mol. The first kappa shape index (κ1) is 35.6. The molecule has 8 aromatic rings. The van der Waals surface area contributed by atoms with E-state index in [1.54, 1.807) is 64.6 Å². The van der Waals surface area contributed by atoms with Crippen LogP contribution >= 0.6 is 45.3 Å². The third-order valence-electron chi connectivity index (χ3n) is 6.86. The van der Waals surface area contributed by atoms with Crippen LogP contribution in [0.4, 0.5) is 0 Å². The number of aromatic nitrogens is 4. The molecule has 49 heavy (non-hydrogen) atoms. The summed E-state index contributed by atoms with van der Waals surface area (Å²) in [6.45, 7) is 6.63. The molecule has 10 nitrogen and oxygen atoms in total. The van der Waals surface area contributed by atoms with Gasteiger partial charge in [0.25, 0.3) is 0 Å². The fraction of sp³-hybridized carbons (Fsp3) is 0.143. The van der Waals surface area contributed by atoms with Gasteiger partial charge in [0.2, 0.25) is 0 Å². The maximum Gasteiger partial charge on any atom is 0.335 e. The highest BCUT2D eigenvalue weighted by Gasteiger charge is 2.06. The maximum absolute atomic E-state index is 10.6. The highest BCUT2D eigenvalue weighted by molar-refractivity contribution is 7.19.